The maximum Gasteiger partial charge on any atom is 0.337 e. The number of hydrogen-bond acceptors (Lipinski definition) is 8. The molecule has 40 heavy (non-hydrogen) atoms. The maximum atomic E-state index is 9.85. The van der Waals surface area contributed by atoms with Gasteiger partial charge in [-0.05, 0) is 0 Å². The molecule has 0 amide bonds. The smallest absolute Gasteiger partial charge is 0.324 e. The van der Waals surface area contributed by atoms with Gasteiger partial charge in [0.25, 0.3) is 0 Å². The lowest BCUT2D eigenvalue weighted by atomic mass is 11.9. The SMILES string of the molecule is Cl.Cl.Cl.Cl.O=P(O)(O)CP(=O)(O)O.O=P(O)(O)CP(=O)(O)O.O=P(O)(O)CP(=O)(O)O.O=P(O)(O)CP(=O)(O)O. The Bertz CT molecular complexity index is 793. The third-order valence-corrected chi connectivity index (χ3v) is 13.3. The predicted octanol–water partition coefficient (Wildman–Crippen LogP) is -1.12. The van der Waals surface area contributed by atoms with E-state index in [9.17, 15) is 36.5 Å². The Morgan fingerprint density at radius 3 is 0.275 bits per heavy atom. The minimum absolute atomic E-state index is 0. The van der Waals surface area contributed by atoms with E-state index in [1.54, 1.807) is 0 Å². The van der Waals surface area contributed by atoms with Gasteiger partial charge in [0.2, 0.25) is 0 Å². The molecule has 0 unspecified atom stereocenters. The highest BCUT2D eigenvalue weighted by Crippen LogP contribution is 2.53. The zero-order chi connectivity index (χ0) is 30.8. The van der Waals surface area contributed by atoms with Crippen LogP contribution >= 0.6 is 110 Å². The van der Waals surface area contributed by atoms with E-state index in [-0.39, 0.29) is 49.6 Å². The van der Waals surface area contributed by atoms with Gasteiger partial charge in [-0.25, -0.2) is 0 Å². The molecular formula is C4H28Cl4O24P8. The summed E-state index contributed by atoms with van der Waals surface area (Å²) >= 11 is 0. The van der Waals surface area contributed by atoms with Crippen molar-refractivity contribution in [1.82, 2.24) is 0 Å². The van der Waals surface area contributed by atoms with E-state index in [1.165, 1.54) is 0 Å². The Morgan fingerprint density at radius 1 is 0.225 bits per heavy atom. The molecule has 24 nitrogen and oxygen atoms in total. The summed E-state index contributed by atoms with van der Waals surface area (Å²) in [6, 6.07) is 0. The molecular weight excluding hydrogens is 822 g/mol. The summed E-state index contributed by atoms with van der Waals surface area (Å²) in [5.41, 5.74) is 0. The Labute approximate surface area is 248 Å². The van der Waals surface area contributed by atoms with Crippen LogP contribution in [0.15, 0.2) is 0 Å². The predicted molar refractivity (Wildman–Crippen MR) is 145 cm³/mol. The molecule has 0 heterocycles. The van der Waals surface area contributed by atoms with Crippen LogP contribution in [0.2, 0.25) is 0 Å². The van der Waals surface area contributed by atoms with Crippen LogP contribution in [-0.2, 0) is 36.5 Å². The van der Waals surface area contributed by atoms with Crippen molar-refractivity contribution in [2.24, 2.45) is 0 Å². The summed E-state index contributed by atoms with van der Waals surface area (Å²) in [6.45, 7) is 0. The molecule has 0 radical (unpaired) electrons. The lowest BCUT2D eigenvalue weighted by Crippen LogP contribution is -1.88. The topological polar surface area (TPSA) is 460 Å². The Balaban J connectivity index is -0.0000000551. The van der Waals surface area contributed by atoms with E-state index in [2.05, 4.69) is 0 Å². The second kappa shape index (κ2) is 22.8. The standard InChI is InChI=1S/4CH6O6P2.4ClH/c4*2-8(3,4)1-9(5,6)7;;;;/h4*1H2,(H2,2,3,4)(H2,5,6,7);4*1H. The average molecular weight is 850 g/mol. The molecule has 0 spiro atoms. The second-order valence-electron chi connectivity index (χ2n) is 5.88. The van der Waals surface area contributed by atoms with Crippen molar-refractivity contribution in [2.45, 2.75) is 0 Å². The number of halogens is 4. The van der Waals surface area contributed by atoms with E-state index in [0.717, 1.165) is 0 Å². The van der Waals surface area contributed by atoms with Crippen molar-refractivity contribution < 1.29 is 115 Å². The summed E-state index contributed by atoms with van der Waals surface area (Å²) < 4.78 is 78.8. The van der Waals surface area contributed by atoms with Gasteiger partial charge in [0.1, 0.15) is 0 Å². The second-order valence-corrected chi connectivity index (χ2v) is 21.0. The van der Waals surface area contributed by atoms with Gasteiger partial charge in [-0.1, -0.05) is 0 Å². The molecule has 0 rings (SSSR count). The molecule has 0 fully saturated rings. The highest BCUT2D eigenvalue weighted by molar-refractivity contribution is 7.70. The molecule has 0 aliphatic carbocycles. The first-order valence-corrected chi connectivity index (χ1v) is 21.6. The van der Waals surface area contributed by atoms with Gasteiger partial charge in [0.15, 0.2) is 23.6 Å². The van der Waals surface area contributed by atoms with Crippen LogP contribution < -0.4 is 0 Å². The van der Waals surface area contributed by atoms with E-state index in [1.807, 2.05) is 0 Å². The van der Waals surface area contributed by atoms with Crippen molar-refractivity contribution in [1.29, 1.82) is 0 Å². The normalized spacial score (nSPS) is 12.4. The molecule has 256 valence electrons. The molecule has 0 aromatic carbocycles. The Kier molecular flexibility index (Phi) is 35.0. The van der Waals surface area contributed by atoms with Crippen molar-refractivity contribution >= 4 is 110 Å². The van der Waals surface area contributed by atoms with Crippen LogP contribution in [0.4, 0.5) is 0 Å². The van der Waals surface area contributed by atoms with Crippen molar-refractivity contribution in [2.75, 3.05) is 23.6 Å². The van der Waals surface area contributed by atoms with E-state index in [0.29, 0.717) is 0 Å². The fraction of sp³-hybridized carbons (Fsp3) is 1.00. The molecule has 0 saturated heterocycles. The van der Waals surface area contributed by atoms with Gasteiger partial charge >= 0.3 is 60.8 Å². The summed E-state index contributed by atoms with van der Waals surface area (Å²) in [5, 5.41) is 0. The Morgan fingerprint density at radius 2 is 0.275 bits per heavy atom. The molecule has 0 aromatic heterocycles. The summed E-state index contributed by atoms with van der Waals surface area (Å²) in [5.74, 6) is -5.50. The first-order chi connectivity index (χ1) is 14.8. The van der Waals surface area contributed by atoms with Crippen molar-refractivity contribution in [3.05, 3.63) is 0 Å². The molecule has 0 aliphatic heterocycles. The fourth-order valence-corrected chi connectivity index (χ4v) is 8.64. The van der Waals surface area contributed by atoms with E-state index < -0.39 is 84.4 Å². The van der Waals surface area contributed by atoms with Crippen LogP contribution in [-0.4, -0.2) is 102 Å². The van der Waals surface area contributed by atoms with Crippen LogP contribution in [0.1, 0.15) is 0 Å². The van der Waals surface area contributed by atoms with Gasteiger partial charge in [-0.3, -0.25) is 36.5 Å². The van der Waals surface area contributed by atoms with Gasteiger partial charge < -0.3 is 78.3 Å². The third kappa shape index (κ3) is 90.0. The molecule has 0 saturated carbocycles. The molecule has 16 N–H and O–H groups in total. The largest absolute Gasteiger partial charge is 0.337 e. The zero-order valence-electron chi connectivity index (χ0n) is 18.5. The minimum Gasteiger partial charge on any atom is -0.324 e. The van der Waals surface area contributed by atoms with Crippen LogP contribution in [0.25, 0.3) is 0 Å². The first-order valence-electron chi connectivity index (χ1n) is 7.19. The molecule has 0 aromatic rings. The minimum atomic E-state index is -4.55. The lowest BCUT2D eigenvalue weighted by molar-refractivity contribution is 0.352. The van der Waals surface area contributed by atoms with Gasteiger partial charge in [-0.2, -0.15) is 0 Å². The Hall–Kier alpha value is 2.36. The summed E-state index contributed by atoms with van der Waals surface area (Å²) in [7, 11) is -36.4. The van der Waals surface area contributed by atoms with Crippen LogP contribution in [0.3, 0.4) is 0 Å². The van der Waals surface area contributed by atoms with Crippen LogP contribution in [0, 0.1) is 0 Å². The molecule has 0 atom stereocenters. The van der Waals surface area contributed by atoms with Gasteiger partial charge in [0.05, 0.1) is 0 Å². The quantitative estimate of drug-likeness (QED) is 0.129. The van der Waals surface area contributed by atoms with Gasteiger partial charge in [0, 0.05) is 0 Å². The van der Waals surface area contributed by atoms with Crippen molar-refractivity contribution in [3.63, 3.8) is 0 Å². The fourth-order valence-electron chi connectivity index (χ4n) is 0.960. The zero-order valence-corrected chi connectivity index (χ0v) is 28.9. The third-order valence-electron chi connectivity index (χ3n) is 1.47. The van der Waals surface area contributed by atoms with Crippen molar-refractivity contribution in [3.8, 4) is 0 Å². The maximum absolute atomic E-state index is 9.85. The molecule has 0 aliphatic rings. The number of rotatable bonds is 8. The average Bonchev–Trinajstić information content (AvgIpc) is 2.19. The number of hydrogen-bond donors (Lipinski definition) is 16. The highest BCUT2D eigenvalue weighted by Gasteiger charge is 2.28. The van der Waals surface area contributed by atoms with E-state index in [4.69, 9.17) is 78.3 Å². The lowest BCUT2D eigenvalue weighted by Gasteiger charge is -2.03. The molecule has 36 heteroatoms. The van der Waals surface area contributed by atoms with Crippen LogP contribution in [0.5, 0.6) is 0 Å². The monoisotopic (exact) mass is 848 g/mol. The first kappa shape index (κ1) is 61.4. The summed E-state index contributed by atoms with van der Waals surface area (Å²) in [4.78, 5) is 128. The van der Waals surface area contributed by atoms with E-state index >= 15 is 0 Å². The van der Waals surface area contributed by atoms with Gasteiger partial charge in [-0.15, -0.1) is 49.6 Å². The molecule has 0 bridgehead atoms. The highest BCUT2D eigenvalue weighted by atomic mass is 35.5. The summed E-state index contributed by atoms with van der Waals surface area (Å²) in [6.07, 6.45) is 0.